The van der Waals surface area contributed by atoms with Crippen molar-refractivity contribution in [2.24, 2.45) is 0 Å². The number of ether oxygens (including phenoxy) is 1. The van der Waals surface area contributed by atoms with Crippen LogP contribution in [-0.2, 0) is 9.53 Å². The molecular weight excluding hydrogens is 248 g/mol. The highest BCUT2D eigenvalue weighted by Gasteiger charge is 2.23. The van der Waals surface area contributed by atoms with Gasteiger partial charge in [0.05, 0.1) is 19.3 Å². The molecule has 2 atom stereocenters. The van der Waals surface area contributed by atoms with Crippen LogP contribution in [0.5, 0.6) is 0 Å². The minimum atomic E-state index is -0.0928. The quantitative estimate of drug-likeness (QED) is 0.712. The van der Waals surface area contributed by atoms with Crippen molar-refractivity contribution in [2.75, 3.05) is 37.8 Å². The third-order valence-corrected chi connectivity index (χ3v) is 4.06. The molecule has 2 unspecified atom stereocenters. The predicted molar refractivity (Wildman–Crippen MR) is 77.1 cm³/mol. The van der Waals surface area contributed by atoms with Crippen LogP contribution in [0, 0.1) is 0 Å². The number of nitrogens with one attached hydrogen (secondary N) is 1. The minimum Gasteiger partial charge on any atom is -0.378 e. The normalized spacial score (nSPS) is 19.6. The standard InChI is InChI=1S/C13H26N2O2S/c1-4-18-10-5-11(2)14-12(3)13(16)15-6-8-17-9-7-15/h11-12,14H,4-10H2,1-3H3. The van der Waals surface area contributed by atoms with Crippen molar-refractivity contribution >= 4 is 17.7 Å². The number of morpholine rings is 1. The predicted octanol–water partition coefficient (Wildman–Crippen LogP) is 1.35. The van der Waals surface area contributed by atoms with Gasteiger partial charge in [-0.2, -0.15) is 11.8 Å². The van der Waals surface area contributed by atoms with Crippen molar-refractivity contribution < 1.29 is 9.53 Å². The van der Waals surface area contributed by atoms with Gasteiger partial charge < -0.3 is 15.0 Å². The van der Waals surface area contributed by atoms with Crippen molar-refractivity contribution in [3.8, 4) is 0 Å². The Morgan fingerprint density at radius 2 is 2.06 bits per heavy atom. The van der Waals surface area contributed by atoms with Crippen molar-refractivity contribution in [1.29, 1.82) is 0 Å². The first-order valence-electron chi connectivity index (χ1n) is 6.85. The lowest BCUT2D eigenvalue weighted by Gasteiger charge is -2.30. The Labute approximate surface area is 115 Å². The Bertz CT molecular complexity index is 245. The maximum absolute atomic E-state index is 12.2. The molecule has 0 aromatic rings. The van der Waals surface area contributed by atoms with Gasteiger partial charge in [-0.25, -0.2) is 0 Å². The van der Waals surface area contributed by atoms with E-state index < -0.39 is 0 Å². The molecule has 0 aromatic carbocycles. The number of hydrogen-bond donors (Lipinski definition) is 1. The van der Waals surface area contributed by atoms with Gasteiger partial charge in [0.2, 0.25) is 5.91 Å². The van der Waals surface area contributed by atoms with Gasteiger partial charge in [0, 0.05) is 19.1 Å². The van der Waals surface area contributed by atoms with Crippen LogP contribution in [0.25, 0.3) is 0 Å². The highest BCUT2D eigenvalue weighted by molar-refractivity contribution is 7.99. The summed E-state index contributed by atoms with van der Waals surface area (Å²) in [4.78, 5) is 14.1. The molecule has 1 fully saturated rings. The molecule has 1 saturated heterocycles. The third-order valence-electron chi connectivity index (χ3n) is 3.13. The number of rotatable bonds is 7. The maximum atomic E-state index is 12.2. The molecule has 1 amide bonds. The molecule has 0 aliphatic carbocycles. The summed E-state index contributed by atoms with van der Waals surface area (Å²) in [6.45, 7) is 9.08. The minimum absolute atomic E-state index is 0.0928. The summed E-state index contributed by atoms with van der Waals surface area (Å²) in [6, 6.07) is 0.300. The van der Waals surface area contributed by atoms with Crippen LogP contribution in [0.2, 0.25) is 0 Å². The molecule has 1 rings (SSSR count). The second-order valence-corrected chi connectivity index (χ2v) is 6.11. The molecule has 5 heteroatoms. The van der Waals surface area contributed by atoms with E-state index in [9.17, 15) is 4.79 Å². The topological polar surface area (TPSA) is 41.6 Å². The van der Waals surface area contributed by atoms with E-state index in [0.29, 0.717) is 19.3 Å². The fourth-order valence-corrected chi connectivity index (χ4v) is 2.85. The Morgan fingerprint density at radius 3 is 2.67 bits per heavy atom. The Balaban J connectivity index is 2.25. The number of carbonyl (C=O) groups excluding carboxylic acids is 1. The summed E-state index contributed by atoms with van der Waals surface area (Å²) in [5, 5.41) is 3.39. The fraction of sp³-hybridized carbons (Fsp3) is 0.923. The molecule has 4 nitrogen and oxygen atoms in total. The number of thioether (sulfide) groups is 1. The SMILES string of the molecule is CCSCCC(C)NC(C)C(=O)N1CCOCC1. The molecule has 0 bridgehead atoms. The highest BCUT2D eigenvalue weighted by atomic mass is 32.2. The van der Waals surface area contributed by atoms with Gasteiger partial charge >= 0.3 is 0 Å². The third kappa shape index (κ3) is 5.59. The first kappa shape index (κ1) is 15.8. The number of amides is 1. The average Bonchev–Trinajstić information content (AvgIpc) is 2.39. The van der Waals surface area contributed by atoms with Crippen LogP contribution in [-0.4, -0.2) is 60.7 Å². The van der Waals surface area contributed by atoms with Crippen LogP contribution < -0.4 is 5.32 Å². The molecule has 0 saturated carbocycles. The summed E-state index contributed by atoms with van der Waals surface area (Å²) in [6.07, 6.45) is 1.11. The fourth-order valence-electron chi connectivity index (χ4n) is 2.04. The van der Waals surface area contributed by atoms with Gasteiger partial charge in [-0.1, -0.05) is 6.92 Å². The van der Waals surface area contributed by atoms with Gasteiger partial charge in [-0.05, 0) is 31.8 Å². The summed E-state index contributed by atoms with van der Waals surface area (Å²) in [5.74, 6) is 2.52. The van der Waals surface area contributed by atoms with Gasteiger partial charge in [0.25, 0.3) is 0 Å². The molecule has 18 heavy (non-hydrogen) atoms. The summed E-state index contributed by atoms with van der Waals surface area (Å²) in [7, 11) is 0. The van der Waals surface area contributed by atoms with Crippen LogP contribution >= 0.6 is 11.8 Å². The highest BCUT2D eigenvalue weighted by Crippen LogP contribution is 2.06. The lowest BCUT2D eigenvalue weighted by Crippen LogP contribution is -2.51. The van der Waals surface area contributed by atoms with Crippen LogP contribution in [0.3, 0.4) is 0 Å². The lowest BCUT2D eigenvalue weighted by molar-refractivity contribution is -0.137. The van der Waals surface area contributed by atoms with Crippen LogP contribution in [0.4, 0.5) is 0 Å². The van der Waals surface area contributed by atoms with E-state index in [4.69, 9.17) is 4.74 Å². The van der Waals surface area contributed by atoms with E-state index in [1.54, 1.807) is 0 Å². The van der Waals surface area contributed by atoms with Crippen molar-refractivity contribution in [3.05, 3.63) is 0 Å². The molecule has 1 aliphatic heterocycles. The summed E-state index contributed by atoms with van der Waals surface area (Å²) in [5.41, 5.74) is 0. The lowest BCUT2D eigenvalue weighted by atomic mass is 10.2. The monoisotopic (exact) mass is 274 g/mol. The largest absolute Gasteiger partial charge is 0.378 e. The maximum Gasteiger partial charge on any atom is 0.239 e. The number of carbonyl (C=O) groups is 1. The Morgan fingerprint density at radius 1 is 1.39 bits per heavy atom. The number of hydrogen-bond acceptors (Lipinski definition) is 4. The molecule has 1 N–H and O–H groups in total. The first-order valence-corrected chi connectivity index (χ1v) is 8.01. The smallest absolute Gasteiger partial charge is 0.239 e. The van der Waals surface area contributed by atoms with E-state index in [2.05, 4.69) is 19.2 Å². The zero-order valence-electron chi connectivity index (χ0n) is 11.8. The van der Waals surface area contributed by atoms with Crippen molar-refractivity contribution in [1.82, 2.24) is 10.2 Å². The van der Waals surface area contributed by atoms with Gasteiger partial charge in [0.1, 0.15) is 0 Å². The first-order chi connectivity index (χ1) is 8.65. The molecular formula is C13H26N2O2S. The second kappa shape index (κ2) is 8.77. The van der Waals surface area contributed by atoms with E-state index in [0.717, 1.165) is 31.0 Å². The van der Waals surface area contributed by atoms with Crippen LogP contribution in [0.15, 0.2) is 0 Å². The van der Waals surface area contributed by atoms with Gasteiger partial charge in [0.15, 0.2) is 0 Å². The molecule has 106 valence electrons. The molecule has 1 aliphatic rings. The zero-order valence-corrected chi connectivity index (χ0v) is 12.6. The van der Waals surface area contributed by atoms with E-state index >= 15 is 0 Å². The zero-order chi connectivity index (χ0) is 13.4. The Kier molecular flexibility index (Phi) is 7.70. The van der Waals surface area contributed by atoms with E-state index in [-0.39, 0.29) is 11.9 Å². The molecule has 1 heterocycles. The summed E-state index contributed by atoms with van der Waals surface area (Å²) < 4.78 is 5.26. The van der Waals surface area contributed by atoms with E-state index in [1.807, 2.05) is 23.6 Å². The average molecular weight is 274 g/mol. The van der Waals surface area contributed by atoms with Gasteiger partial charge in [-0.3, -0.25) is 4.79 Å². The molecule has 0 spiro atoms. The van der Waals surface area contributed by atoms with Crippen molar-refractivity contribution in [3.63, 3.8) is 0 Å². The van der Waals surface area contributed by atoms with Crippen LogP contribution in [0.1, 0.15) is 27.2 Å². The molecule has 0 aromatic heterocycles. The second-order valence-electron chi connectivity index (χ2n) is 4.71. The Hall–Kier alpha value is -0.260. The van der Waals surface area contributed by atoms with Gasteiger partial charge in [-0.15, -0.1) is 0 Å². The summed E-state index contributed by atoms with van der Waals surface area (Å²) >= 11 is 1.95. The van der Waals surface area contributed by atoms with Crippen molar-refractivity contribution in [2.45, 2.75) is 39.3 Å². The number of nitrogens with zero attached hydrogens (tertiary/aromatic N) is 1. The van der Waals surface area contributed by atoms with E-state index in [1.165, 1.54) is 0 Å². The molecule has 0 radical (unpaired) electrons.